The molecule has 4 rings (SSSR count). The molecule has 0 saturated carbocycles. The van der Waals surface area contributed by atoms with Gasteiger partial charge >= 0.3 is 0 Å². The van der Waals surface area contributed by atoms with Gasteiger partial charge in [-0.1, -0.05) is 24.3 Å². The van der Waals surface area contributed by atoms with Crippen LogP contribution in [0.5, 0.6) is 11.5 Å². The Morgan fingerprint density at radius 2 is 1.90 bits per heavy atom. The maximum Gasteiger partial charge on any atom is 0.267 e. The van der Waals surface area contributed by atoms with E-state index < -0.39 is 0 Å². The Bertz CT molecular complexity index is 1160. The van der Waals surface area contributed by atoms with Crippen molar-refractivity contribution >= 4 is 5.91 Å². The van der Waals surface area contributed by atoms with Crippen LogP contribution in [0.1, 0.15) is 30.0 Å². The van der Waals surface area contributed by atoms with Crippen molar-refractivity contribution in [2.45, 2.75) is 31.8 Å². The summed E-state index contributed by atoms with van der Waals surface area (Å²) in [5.41, 5.74) is 3.42. The lowest BCUT2D eigenvalue weighted by atomic mass is 9.88. The van der Waals surface area contributed by atoms with Gasteiger partial charge in [0.25, 0.3) is 5.56 Å². The number of aromatic nitrogens is 2. The van der Waals surface area contributed by atoms with Gasteiger partial charge in [0.2, 0.25) is 5.91 Å². The Hall–Kier alpha value is -3.61. The van der Waals surface area contributed by atoms with Gasteiger partial charge in [0.05, 0.1) is 26.0 Å². The molecule has 3 aromatic rings. The van der Waals surface area contributed by atoms with Gasteiger partial charge in [-0.05, 0) is 54.7 Å². The molecule has 2 aromatic carbocycles. The number of methoxy groups -OCH3 is 2. The molecule has 0 aliphatic heterocycles. The molecule has 7 heteroatoms. The molecule has 1 amide bonds. The first-order chi connectivity index (χ1) is 15.1. The van der Waals surface area contributed by atoms with Crippen molar-refractivity contribution in [1.29, 1.82) is 0 Å². The van der Waals surface area contributed by atoms with Gasteiger partial charge in [-0.15, -0.1) is 0 Å². The summed E-state index contributed by atoms with van der Waals surface area (Å²) < 4.78 is 11.8. The minimum Gasteiger partial charge on any atom is -0.493 e. The van der Waals surface area contributed by atoms with Crippen molar-refractivity contribution in [2.24, 2.45) is 0 Å². The van der Waals surface area contributed by atoms with Crippen LogP contribution >= 0.6 is 0 Å². The van der Waals surface area contributed by atoms with Crippen LogP contribution in [-0.4, -0.2) is 29.9 Å². The number of rotatable bonds is 6. The van der Waals surface area contributed by atoms with Crippen LogP contribution in [0.3, 0.4) is 0 Å². The van der Waals surface area contributed by atoms with Crippen molar-refractivity contribution in [3.63, 3.8) is 0 Å². The lowest BCUT2D eigenvalue weighted by Gasteiger charge is -2.26. The van der Waals surface area contributed by atoms with E-state index in [2.05, 4.69) is 22.5 Å². The van der Waals surface area contributed by atoms with Crippen LogP contribution in [0.2, 0.25) is 0 Å². The molecule has 31 heavy (non-hydrogen) atoms. The Balaban J connectivity index is 1.53. The fourth-order valence-electron chi connectivity index (χ4n) is 3.99. The smallest absolute Gasteiger partial charge is 0.267 e. The predicted octanol–water partition coefficient (Wildman–Crippen LogP) is 3.12. The van der Waals surface area contributed by atoms with E-state index in [1.807, 2.05) is 18.2 Å². The minimum absolute atomic E-state index is 0.0396. The Labute approximate surface area is 180 Å². The maximum atomic E-state index is 12.7. The quantitative estimate of drug-likeness (QED) is 0.664. The first-order valence-electron chi connectivity index (χ1n) is 10.3. The molecular formula is C24H25N3O4. The van der Waals surface area contributed by atoms with E-state index in [4.69, 9.17) is 9.47 Å². The van der Waals surface area contributed by atoms with Crippen LogP contribution in [0.4, 0.5) is 0 Å². The molecule has 0 spiro atoms. The highest BCUT2D eigenvalue weighted by Crippen LogP contribution is 2.31. The van der Waals surface area contributed by atoms with E-state index >= 15 is 0 Å². The summed E-state index contributed by atoms with van der Waals surface area (Å²) in [6, 6.07) is 16.6. The second-order valence-corrected chi connectivity index (χ2v) is 7.50. The molecule has 1 unspecified atom stereocenters. The van der Waals surface area contributed by atoms with Gasteiger partial charge in [0.1, 0.15) is 6.54 Å². The third-order valence-electron chi connectivity index (χ3n) is 5.54. The van der Waals surface area contributed by atoms with Crippen LogP contribution in [0.25, 0.3) is 11.3 Å². The van der Waals surface area contributed by atoms with Gasteiger partial charge in [-0.2, -0.15) is 5.10 Å². The van der Waals surface area contributed by atoms with Crippen LogP contribution in [-0.2, 0) is 17.8 Å². The van der Waals surface area contributed by atoms with Gasteiger partial charge in [0, 0.05) is 11.6 Å². The zero-order chi connectivity index (χ0) is 21.8. The van der Waals surface area contributed by atoms with Gasteiger partial charge in [-0.25, -0.2) is 4.68 Å². The molecule has 1 aliphatic rings. The van der Waals surface area contributed by atoms with Crippen molar-refractivity contribution in [1.82, 2.24) is 15.1 Å². The number of amides is 1. The highest BCUT2D eigenvalue weighted by atomic mass is 16.5. The first kappa shape index (κ1) is 20.7. The van der Waals surface area contributed by atoms with Crippen molar-refractivity contribution in [3.05, 3.63) is 76.1 Å². The molecule has 160 valence electrons. The number of carbonyl (C=O) groups is 1. The molecular weight excluding hydrogens is 394 g/mol. The molecule has 0 bridgehead atoms. The van der Waals surface area contributed by atoms with Crippen molar-refractivity contribution in [3.8, 4) is 22.8 Å². The van der Waals surface area contributed by atoms with Crippen molar-refractivity contribution < 1.29 is 14.3 Å². The van der Waals surface area contributed by atoms with Crippen LogP contribution in [0, 0.1) is 0 Å². The highest BCUT2D eigenvalue weighted by molar-refractivity contribution is 5.76. The van der Waals surface area contributed by atoms with E-state index in [1.165, 1.54) is 16.3 Å². The SMILES string of the molecule is COc1ccc(-c2ccc(=O)n(CC(=O)NC3CCCc4ccccc43)n2)cc1OC. The molecule has 1 heterocycles. The van der Waals surface area contributed by atoms with E-state index in [1.54, 1.807) is 32.4 Å². The fourth-order valence-corrected chi connectivity index (χ4v) is 3.99. The number of nitrogens with zero attached hydrogens (tertiary/aromatic N) is 2. The Morgan fingerprint density at radius 1 is 1.10 bits per heavy atom. The molecule has 1 aliphatic carbocycles. The van der Waals surface area contributed by atoms with E-state index in [0.29, 0.717) is 17.2 Å². The second kappa shape index (κ2) is 9.04. The molecule has 0 radical (unpaired) electrons. The number of aryl methyl sites for hydroxylation is 1. The minimum atomic E-state index is -0.330. The lowest BCUT2D eigenvalue weighted by Crippen LogP contribution is -2.36. The highest BCUT2D eigenvalue weighted by Gasteiger charge is 2.21. The zero-order valence-corrected chi connectivity index (χ0v) is 17.6. The average Bonchev–Trinajstić information content (AvgIpc) is 2.80. The number of fused-ring (bicyclic) bond motifs is 1. The second-order valence-electron chi connectivity index (χ2n) is 7.50. The molecule has 7 nitrogen and oxygen atoms in total. The Kier molecular flexibility index (Phi) is 6.02. The zero-order valence-electron chi connectivity index (χ0n) is 17.6. The van der Waals surface area contributed by atoms with Gasteiger partial charge in [0.15, 0.2) is 11.5 Å². The number of hydrogen-bond acceptors (Lipinski definition) is 5. The number of ether oxygens (including phenoxy) is 2. The predicted molar refractivity (Wildman–Crippen MR) is 117 cm³/mol. The Morgan fingerprint density at radius 3 is 2.71 bits per heavy atom. The van der Waals surface area contributed by atoms with Gasteiger partial charge < -0.3 is 14.8 Å². The summed E-state index contributed by atoms with van der Waals surface area (Å²) in [6.45, 7) is -0.140. The number of benzene rings is 2. The molecule has 1 aromatic heterocycles. The normalized spacial score (nSPS) is 15.1. The third kappa shape index (κ3) is 4.45. The fraction of sp³-hybridized carbons (Fsp3) is 0.292. The summed E-state index contributed by atoms with van der Waals surface area (Å²) in [5, 5.41) is 7.47. The molecule has 0 saturated heterocycles. The third-order valence-corrected chi connectivity index (χ3v) is 5.54. The topological polar surface area (TPSA) is 82.5 Å². The van der Waals surface area contributed by atoms with E-state index in [-0.39, 0.29) is 24.1 Å². The van der Waals surface area contributed by atoms with Gasteiger partial charge in [-0.3, -0.25) is 9.59 Å². The standard InChI is InChI=1S/C24H25N3O4/c1-30-21-12-10-17(14-22(21)31-2)19-11-13-24(29)27(26-19)15-23(28)25-20-9-5-7-16-6-3-4-8-18(16)20/h3-4,6,8,10-14,20H,5,7,9,15H2,1-2H3,(H,25,28). The van der Waals surface area contributed by atoms with Crippen LogP contribution < -0.4 is 20.3 Å². The average molecular weight is 419 g/mol. The van der Waals surface area contributed by atoms with E-state index in [0.717, 1.165) is 30.4 Å². The largest absolute Gasteiger partial charge is 0.493 e. The first-order valence-corrected chi connectivity index (χ1v) is 10.3. The van der Waals surface area contributed by atoms with Crippen molar-refractivity contribution in [2.75, 3.05) is 14.2 Å². The summed E-state index contributed by atoms with van der Waals surface area (Å²) in [4.78, 5) is 25.1. The van der Waals surface area contributed by atoms with E-state index in [9.17, 15) is 9.59 Å². The summed E-state index contributed by atoms with van der Waals surface area (Å²) in [7, 11) is 3.13. The number of carbonyl (C=O) groups excluding carboxylic acids is 1. The lowest BCUT2D eigenvalue weighted by molar-refractivity contribution is -0.122. The summed E-state index contributed by atoms with van der Waals surface area (Å²) in [5.74, 6) is 0.931. The molecule has 0 fully saturated rings. The summed E-state index contributed by atoms with van der Waals surface area (Å²) >= 11 is 0. The molecule has 1 N–H and O–H groups in total. The van der Waals surface area contributed by atoms with Crippen LogP contribution in [0.15, 0.2) is 59.4 Å². The maximum absolute atomic E-state index is 12.7. The monoisotopic (exact) mass is 419 g/mol. The number of nitrogens with one attached hydrogen (secondary N) is 1. The number of hydrogen-bond donors (Lipinski definition) is 1. The molecule has 1 atom stereocenters. The summed E-state index contributed by atoms with van der Waals surface area (Å²) in [6.07, 6.45) is 2.93.